The molecule has 0 aromatic carbocycles. The van der Waals surface area contributed by atoms with Gasteiger partial charge in [0.15, 0.2) is 0 Å². The molecule has 0 aromatic rings. The summed E-state index contributed by atoms with van der Waals surface area (Å²) in [6, 6.07) is -0.959. The van der Waals surface area contributed by atoms with Crippen molar-refractivity contribution in [1.29, 1.82) is 0 Å². The second kappa shape index (κ2) is 7.52. The number of nitrogens with zero attached hydrogens (tertiary/aromatic N) is 1. The van der Waals surface area contributed by atoms with Crippen LogP contribution in [-0.2, 0) is 9.59 Å². The Morgan fingerprint density at radius 3 is 2.75 bits per heavy atom. The zero-order chi connectivity index (χ0) is 14.0. The van der Waals surface area contributed by atoms with Gasteiger partial charge in [0.1, 0.15) is 6.04 Å². The summed E-state index contributed by atoms with van der Waals surface area (Å²) >= 11 is 1.81. The number of rotatable bonds is 3. The first-order chi connectivity index (χ1) is 9.04. The van der Waals surface area contributed by atoms with E-state index < -0.39 is 18.0 Å². The van der Waals surface area contributed by atoms with Crippen molar-refractivity contribution in [2.45, 2.75) is 68.2 Å². The lowest BCUT2D eigenvalue weighted by Crippen LogP contribution is -2.57. The van der Waals surface area contributed by atoms with Crippen LogP contribution in [0.4, 0.5) is 0 Å². The Morgan fingerprint density at radius 1 is 1.45 bits per heavy atom. The fraction of sp³-hybridized carbons (Fsp3) is 0.846. The van der Waals surface area contributed by atoms with Crippen LogP contribution in [0, 0.1) is 0 Å². The van der Waals surface area contributed by atoms with E-state index in [0.717, 1.165) is 25.7 Å². The molecule has 2 rings (SSSR count). The molecule has 116 valence electrons. The maximum atomic E-state index is 12.4. The first kappa shape index (κ1) is 17.6. The third-order valence-electron chi connectivity index (χ3n) is 3.95. The number of piperidine rings is 1. The van der Waals surface area contributed by atoms with Gasteiger partial charge in [-0.25, -0.2) is 0 Å². The van der Waals surface area contributed by atoms with Crippen molar-refractivity contribution in [3.63, 3.8) is 0 Å². The Balaban J connectivity index is 0.00000200. The summed E-state index contributed by atoms with van der Waals surface area (Å²) in [4.78, 5) is 25.7. The fourth-order valence-electron chi connectivity index (χ4n) is 3.03. The lowest BCUT2D eigenvalue weighted by Gasteiger charge is -2.40. The minimum Gasteiger partial charge on any atom is -0.368 e. The number of thioether (sulfide) groups is 1. The highest BCUT2D eigenvalue weighted by molar-refractivity contribution is 8.00. The summed E-state index contributed by atoms with van der Waals surface area (Å²) in [6.07, 6.45) is 5.41. The van der Waals surface area contributed by atoms with Crippen molar-refractivity contribution in [1.82, 2.24) is 4.90 Å². The van der Waals surface area contributed by atoms with Gasteiger partial charge in [0.2, 0.25) is 11.8 Å². The van der Waals surface area contributed by atoms with Crippen LogP contribution in [-0.4, -0.2) is 39.4 Å². The van der Waals surface area contributed by atoms with E-state index in [1.165, 1.54) is 0 Å². The molecule has 2 aliphatic rings. The van der Waals surface area contributed by atoms with Crippen molar-refractivity contribution in [2.75, 3.05) is 0 Å². The van der Waals surface area contributed by atoms with Crippen LogP contribution in [0.25, 0.3) is 0 Å². The molecule has 0 spiro atoms. The average molecular weight is 322 g/mol. The van der Waals surface area contributed by atoms with E-state index in [-0.39, 0.29) is 23.7 Å². The summed E-state index contributed by atoms with van der Waals surface area (Å²) in [7, 11) is 0. The highest BCUT2D eigenvalue weighted by Crippen LogP contribution is 2.38. The van der Waals surface area contributed by atoms with Gasteiger partial charge >= 0.3 is 0 Å². The van der Waals surface area contributed by atoms with E-state index in [1.54, 1.807) is 16.7 Å². The molecule has 2 aliphatic heterocycles. The van der Waals surface area contributed by atoms with Gasteiger partial charge in [-0.05, 0) is 32.1 Å². The number of primary amides is 1. The molecular weight excluding hydrogens is 298 g/mol. The molecule has 0 radical (unpaired) electrons. The van der Waals surface area contributed by atoms with E-state index in [9.17, 15) is 9.59 Å². The molecule has 2 saturated heterocycles. The number of hydrogen-bond donors (Lipinski definition) is 2. The van der Waals surface area contributed by atoms with Gasteiger partial charge in [-0.15, -0.1) is 24.2 Å². The third-order valence-corrected chi connectivity index (χ3v) is 5.54. The predicted molar refractivity (Wildman–Crippen MR) is 83.6 cm³/mol. The molecule has 7 heteroatoms. The van der Waals surface area contributed by atoms with E-state index in [1.807, 2.05) is 0 Å². The quantitative estimate of drug-likeness (QED) is 0.818. The van der Waals surface area contributed by atoms with E-state index in [0.29, 0.717) is 18.1 Å². The number of halogens is 1. The van der Waals surface area contributed by atoms with Gasteiger partial charge in [-0.2, -0.15) is 0 Å². The van der Waals surface area contributed by atoms with E-state index in [2.05, 4.69) is 6.92 Å². The fourth-order valence-corrected chi connectivity index (χ4v) is 4.85. The molecule has 20 heavy (non-hydrogen) atoms. The minimum atomic E-state index is -0.492. The molecular formula is C13H24ClN3O2S. The zero-order valence-electron chi connectivity index (χ0n) is 11.8. The summed E-state index contributed by atoms with van der Waals surface area (Å²) < 4.78 is 0. The maximum Gasteiger partial charge on any atom is 0.241 e. The zero-order valence-corrected chi connectivity index (χ0v) is 13.4. The Morgan fingerprint density at radius 2 is 2.15 bits per heavy atom. The second-order valence-electron chi connectivity index (χ2n) is 5.44. The Labute approximate surface area is 130 Å². The van der Waals surface area contributed by atoms with Crippen LogP contribution in [0.15, 0.2) is 0 Å². The van der Waals surface area contributed by atoms with Crippen molar-refractivity contribution in [3.05, 3.63) is 0 Å². The number of fused-ring (bicyclic) bond motifs is 1. The van der Waals surface area contributed by atoms with Crippen LogP contribution in [0.5, 0.6) is 0 Å². The maximum absolute atomic E-state index is 12.4. The predicted octanol–water partition coefficient (Wildman–Crippen LogP) is 1.23. The van der Waals surface area contributed by atoms with Gasteiger partial charge in [-0.1, -0.05) is 13.3 Å². The summed E-state index contributed by atoms with van der Waals surface area (Å²) in [5, 5.41) is 0.481. The van der Waals surface area contributed by atoms with Crippen LogP contribution in [0.2, 0.25) is 0 Å². The molecule has 0 aromatic heterocycles. The summed E-state index contributed by atoms with van der Waals surface area (Å²) in [5.74, 6) is -0.501. The first-order valence-electron chi connectivity index (χ1n) is 7.07. The SMILES string of the molecule is CCCC1CC(N)C(=O)N2C(C(N)=O)CCC[C@@H]2S1.Cl. The highest BCUT2D eigenvalue weighted by atomic mass is 35.5. The number of nitrogens with two attached hydrogens (primary N) is 2. The van der Waals surface area contributed by atoms with Crippen molar-refractivity contribution < 1.29 is 9.59 Å². The smallest absolute Gasteiger partial charge is 0.241 e. The summed E-state index contributed by atoms with van der Waals surface area (Å²) in [5.41, 5.74) is 11.5. The second-order valence-corrected chi connectivity index (χ2v) is 6.92. The monoisotopic (exact) mass is 321 g/mol. The van der Waals surface area contributed by atoms with Crippen LogP contribution in [0.1, 0.15) is 45.4 Å². The summed E-state index contributed by atoms with van der Waals surface area (Å²) in [6.45, 7) is 2.14. The average Bonchev–Trinajstić information content (AvgIpc) is 2.48. The Hall–Kier alpha value is -0.460. The molecule has 0 saturated carbocycles. The van der Waals surface area contributed by atoms with Crippen molar-refractivity contribution in [2.24, 2.45) is 11.5 Å². The standard InChI is InChI=1S/C13H23N3O2S.ClH/c1-2-4-8-7-9(14)13(18)16-10(12(15)17)5-3-6-11(16)19-8;/h8-11H,2-7,14H2,1H3,(H2,15,17);1H/t8?,9?,10?,11-;/m0./s1. The van der Waals surface area contributed by atoms with Crippen LogP contribution in [0.3, 0.4) is 0 Å². The lowest BCUT2D eigenvalue weighted by molar-refractivity contribution is -0.142. The number of hydrogen-bond acceptors (Lipinski definition) is 4. The van der Waals surface area contributed by atoms with Crippen LogP contribution < -0.4 is 11.5 Å². The lowest BCUT2D eigenvalue weighted by atomic mass is 9.99. The topological polar surface area (TPSA) is 89.4 Å². The van der Waals surface area contributed by atoms with Crippen molar-refractivity contribution in [3.8, 4) is 0 Å². The minimum absolute atomic E-state index is 0. The van der Waals surface area contributed by atoms with Gasteiger partial charge in [-0.3, -0.25) is 9.59 Å². The number of carbonyl (C=O) groups excluding carboxylic acids is 2. The highest BCUT2D eigenvalue weighted by Gasteiger charge is 2.42. The molecule has 3 unspecified atom stereocenters. The first-order valence-corrected chi connectivity index (χ1v) is 8.01. The van der Waals surface area contributed by atoms with Gasteiger partial charge < -0.3 is 16.4 Å². The molecule has 2 fully saturated rings. The van der Waals surface area contributed by atoms with Gasteiger partial charge in [0, 0.05) is 5.25 Å². The molecule has 0 aliphatic carbocycles. The van der Waals surface area contributed by atoms with Crippen molar-refractivity contribution >= 4 is 36.0 Å². The van der Waals surface area contributed by atoms with E-state index >= 15 is 0 Å². The number of carbonyl (C=O) groups is 2. The normalized spacial score (nSPS) is 33.9. The van der Waals surface area contributed by atoms with E-state index in [4.69, 9.17) is 11.5 Å². The van der Waals surface area contributed by atoms with Gasteiger partial charge in [0.05, 0.1) is 11.4 Å². The molecule has 4 N–H and O–H groups in total. The molecule has 2 amide bonds. The molecule has 2 heterocycles. The Bertz CT molecular complexity index is 370. The Kier molecular flexibility index (Phi) is 6.61. The molecule has 0 bridgehead atoms. The number of amides is 2. The molecule has 5 nitrogen and oxygen atoms in total. The van der Waals surface area contributed by atoms with Gasteiger partial charge in [0.25, 0.3) is 0 Å². The molecule has 4 atom stereocenters. The largest absolute Gasteiger partial charge is 0.368 e. The van der Waals surface area contributed by atoms with Crippen LogP contribution >= 0.6 is 24.2 Å². The third kappa shape index (κ3) is 3.59.